The van der Waals surface area contributed by atoms with E-state index in [1.807, 2.05) is 6.07 Å². The number of nitrogens with zero attached hydrogens (tertiary/aromatic N) is 2. The van der Waals surface area contributed by atoms with Gasteiger partial charge in [-0.1, -0.05) is 6.07 Å². The lowest BCUT2D eigenvalue weighted by Crippen LogP contribution is -2.06. The lowest BCUT2D eigenvalue weighted by atomic mass is 10.4. The average Bonchev–Trinajstić information content (AvgIpc) is 2.71. The standard InChI is InChI=1S/C10H10N2O3/c1-14-9-5-3-4-8-11-6-7(12(8)9)10(13)15-2/h3-6H,1-2H3. The van der Waals surface area contributed by atoms with Crippen LogP contribution in [-0.4, -0.2) is 29.6 Å². The first-order valence-electron chi connectivity index (χ1n) is 4.36. The van der Waals surface area contributed by atoms with E-state index in [0.717, 1.165) is 0 Å². The topological polar surface area (TPSA) is 52.8 Å². The van der Waals surface area contributed by atoms with Crippen LogP contribution in [0.15, 0.2) is 24.4 Å². The Labute approximate surface area is 86.3 Å². The molecule has 5 nitrogen and oxygen atoms in total. The zero-order valence-corrected chi connectivity index (χ0v) is 8.43. The van der Waals surface area contributed by atoms with Crippen molar-refractivity contribution in [2.24, 2.45) is 0 Å². The molecule has 0 atom stereocenters. The van der Waals surface area contributed by atoms with Gasteiger partial charge in [0.15, 0.2) is 11.6 Å². The molecule has 2 aromatic rings. The summed E-state index contributed by atoms with van der Waals surface area (Å²) in [7, 11) is 2.87. The minimum absolute atomic E-state index is 0.352. The van der Waals surface area contributed by atoms with Crippen molar-refractivity contribution in [2.75, 3.05) is 14.2 Å². The van der Waals surface area contributed by atoms with Gasteiger partial charge in [0.05, 0.1) is 20.4 Å². The Kier molecular flexibility index (Phi) is 2.29. The Morgan fingerprint density at radius 2 is 2.20 bits per heavy atom. The van der Waals surface area contributed by atoms with Crippen molar-refractivity contribution in [1.29, 1.82) is 0 Å². The summed E-state index contributed by atoms with van der Waals surface area (Å²) in [5.74, 6) is 0.109. The summed E-state index contributed by atoms with van der Waals surface area (Å²) in [6.07, 6.45) is 1.46. The van der Waals surface area contributed by atoms with Gasteiger partial charge in [-0.15, -0.1) is 0 Å². The first-order valence-corrected chi connectivity index (χ1v) is 4.36. The van der Waals surface area contributed by atoms with E-state index in [4.69, 9.17) is 4.74 Å². The smallest absolute Gasteiger partial charge is 0.356 e. The van der Waals surface area contributed by atoms with Crippen LogP contribution in [0.1, 0.15) is 10.5 Å². The van der Waals surface area contributed by atoms with Crippen LogP contribution in [0.5, 0.6) is 5.88 Å². The van der Waals surface area contributed by atoms with Crippen LogP contribution >= 0.6 is 0 Å². The van der Waals surface area contributed by atoms with Crippen molar-refractivity contribution in [2.45, 2.75) is 0 Å². The molecule has 2 heterocycles. The number of hydrogen-bond donors (Lipinski definition) is 0. The van der Waals surface area contributed by atoms with Crippen molar-refractivity contribution in [3.63, 3.8) is 0 Å². The van der Waals surface area contributed by atoms with Crippen LogP contribution in [0.2, 0.25) is 0 Å². The highest BCUT2D eigenvalue weighted by molar-refractivity contribution is 5.88. The third-order valence-corrected chi connectivity index (χ3v) is 2.10. The molecule has 0 aliphatic heterocycles. The van der Waals surface area contributed by atoms with Gasteiger partial charge in [0.2, 0.25) is 0 Å². The molecule has 78 valence electrons. The molecule has 5 heteroatoms. The van der Waals surface area contributed by atoms with Crippen molar-refractivity contribution in [1.82, 2.24) is 9.38 Å². The van der Waals surface area contributed by atoms with Gasteiger partial charge in [0.25, 0.3) is 0 Å². The molecule has 0 aliphatic carbocycles. The molecule has 0 saturated carbocycles. The SMILES string of the molecule is COC(=O)c1cnc2cccc(OC)n12. The monoisotopic (exact) mass is 206 g/mol. The van der Waals surface area contributed by atoms with Crippen LogP contribution < -0.4 is 4.74 Å². The molecule has 0 saturated heterocycles. The Bertz CT molecular complexity index is 504. The van der Waals surface area contributed by atoms with Gasteiger partial charge in [-0.3, -0.25) is 4.40 Å². The molecule has 0 amide bonds. The molecule has 0 spiro atoms. The zero-order valence-electron chi connectivity index (χ0n) is 8.43. The number of pyridine rings is 1. The number of methoxy groups -OCH3 is 2. The van der Waals surface area contributed by atoms with Crippen LogP contribution in [-0.2, 0) is 4.74 Å². The average molecular weight is 206 g/mol. The van der Waals surface area contributed by atoms with Crippen molar-refractivity contribution >= 4 is 11.6 Å². The summed E-state index contributed by atoms with van der Waals surface area (Å²) in [5.41, 5.74) is 1.000. The zero-order chi connectivity index (χ0) is 10.8. The number of fused-ring (bicyclic) bond motifs is 1. The molecule has 15 heavy (non-hydrogen) atoms. The van der Waals surface area contributed by atoms with Crippen molar-refractivity contribution < 1.29 is 14.3 Å². The summed E-state index contributed by atoms with van der Waals surface area (Å²) in [5, 5.41) is 0. The summed E-state index contributed by atoms with van der Waals surface area (Å²) in [6, 6.07) is 5.35. The first kappa shape index (κ1) is 9.51. The minimum Gasteiger partial charge on any atom is -0.482 e. The second-order valence-corrected chi connectivity index (χ2v) is 2.90. The number of ether oxygens (including phenoxy) is 2. The third kappa shape index (κ3) is 1.41. The van der Waals surface area contributed by atoms with Crippen molar-refractivity contribution in [3.05, 3.63) is 30.1 Å². The molecule has 2 aromatic heterocycles. The molecule has 0 aromatic carbocycles. The number of carbonyl (C=O) groups excluding carboxylic acids is 1. The van der Waals surface area contributed by atoms with Crippen LogP contribution in [0.25, 0.3) is 5.65 Å². The van der Waals surface area contributed by atoms with E-state index >= 15 is 0 Å². The summed E-state index contributed by atoms with van der Waals surface area (Å²) >= 11 is 0. The van der Waals surface area contributed by atoms with Crippen LogP contribution in [0, 0.1) is 0 Å². The molecule has 0 bridgehead atoms. The number of rotatable bonds is 2. The van der Waals surface area contributed by atoms with E-state index in [2.05, 4.69) is 9.72 Å². The number of carbonyl (C=O) groups is 1. The van der Waals surface area contributed by atoms with Gasteiger partial charge in [-0.25, -0.2) is 9.78 Å². The number of hydrogen-bond acceptors (Lipinski definition) is 4. The second kappa shape index (κ2) is 3.61. The van der Waals surface area contributed by atoms with Gasteiger partial charge < -0.3 is 9.47 Å². The maximum Gasteiger partial charge on any atom is 0.356 e. The lowest BCUT2D eigenvalue weighted by molar-refractivity contribution is 0.0592. The predicted octanol–water partition coefficient (Wildman–Crippen LogP) is 1.13. The highest BCUT2D eigenvalue weighted by Crippen LogP contribution is 2.17. The quantitative estimate of drug-likeness (QED) is 0.691. The Hall–Kier alpha value is -2.04. The summed E-state index contributed by atoms with van der Waals surface area (Å²) in [6.45, 7) is 0. The third-order valence-electron chi connectivity index (χ3n) is 2.10. The van der Waals surface area contributed by atoms with E-state index < -0.39 is 5.97 Å². The fraction of sp³-hybridized carbons (Fsp3) is 0.200. The van der Waals surface area contributed by atoms with Crippen LogP contribution in [0.4, 0.5) is 0 Å². The molecular weight excluding hydrogens is 196 g/mol. The number of esters is 1. The van der Waals surface area contributed by atoms with E-state index in [1.54, 1.807) is 16.5 Å². The predicted molar refractivity (Wildman–Crippen MR) is 53.1 cm³/mol. The molecule has 0 fully saturated rings. The maximum absolute atomic E-state index is 11.4. The van der Waals surface area contributed by atoms with Gasteiger partial charge in [-0.2, -0.15) is 0 Å². The first-order chi connectivity index (χ1) is 7.27. The summed E-state index contributed by atoms with van der Waals surface area (Å²) < 4.78 is 11.4. The van der Waals surface area contributed by atoms with E-state index in [1.165, 1.54) is 20.4 Å². The lowest BCUT2D eigenvalue weighted by Gasteiger charge is -2.05. The Morgan fingerprint density at radius 1 is 1.40 bits per heavy atom. The Balaban J connectivity index is 2.71. The van der Waals surface area contributed by atoms with Gasteiger partial charge >= 0.3 is 5.97 Å². The van der Waals surface area contributed by atoms with Crippen LogP contribution in [0.3, 0.4) is 0 Å². The van der Waals surface area contributed by atoms with Crippen molar-refractivity contribution in [3.8, 4) is 5.88 Å². The van der Waals surface area contributed by atoms with E-state index in [-0.39, 0.29) is 0 Å². The molecule has 0 radical (unpaired) electrons. The maximum atomic E-state index is 11.4. The van der Waals surface area contributed by atoms with E-state index in [9.17, 15) is 4.79 Å². The number of aromatic nitrogens is 2. The van der Waals surface area contributed by atoms with Gasteiger partial charge in [0.1, 0.15) is 5.65 Å². The second-order valence-electron chi connectivity index (χ2n) is 2.90. The van der Waals surface area contributed by atoms with Gasteiger partial charge in [-0.05, 0) is 12.1 Å². The number of imidazole rings is 1. The Morgan fingerprint density at radius 3 is 2.87 bits per heavy atom. The molecule has 0 aliphatic rings. The fourth-order valence-corrected chi connectivity index (χ4v) is 1.41. The molecule has 0 N–H and O–H groups in total. The van der Waals surface area contributed by atoms with Gasteiger partial charge in [0, 0.05) is 0 Å². The molecular formula is C10H10N2O3. The minimum atomic E-state index is -0.438. The highest BCUT2D eigenvalue weighted by atomic mass is 16.5. The molecule has 0 unspecified atom stereocenters. The molecule has 2 rings (SSSR count). The normalized spacial score (nSPS) is 10.3. The van der Waals surface area contributed by atoms with E-state index in [0.29, 0.717) is 17.2 Å². The summed E-state index contributed by atoms with van der Waals surface area (Å²) in [4.78, 5) is 15.5. The largest absolute Gasteiger partial charge is 0.482 e. The fourth-order valence-electron chi connectivity index (χ4n) is 1.41. The highest BCUT2D eigenvalue weighted by Gasteiger charge is 2.14.